The van der Waals surface area contributed by atoms with Gasteiger partial charge in [0.2, 0.25) is 10.0 Å². The number of nitrogens with one attached hydrogen (secondary N) is 2. The van der Waals surface area contributed by atoms with Gasteiger partial charge in [-0.3, -0.25) is 9.48 Å². The van der Waals surface area contributed by atoms with E-state index in [4.69, 9.17) is 10.00 Å². The summed E-state index contributed by atoms with van der Waals surface area (Å²) in [7, 11) is -3.65. The van der Waals surface area contributed by atoms with E-state index < -0.39 is 15.6 Å². The van der Waals surface area contributed by atoms with Gasteiger partial charge in [0.1, 0.15) is 5.39 Å². The smallest absolute Gasteiger partial charge is 0.261 e. The van der Waals surface area contributed by atoms with Crippen molar-refractivity contribution in [2.45, 2.75) is 50.6 Å². The molecule has 1 aliphatic heterocycles. The van der Waals surface area contributed by atoms with Crippen LogP contribution in [-0.2, 0) is 21.3 Å². The molecule has 1 saturated carbocycles. The standard InChI is InChI=1S/C22H27N5O4S.C2H3N/c1-22(2)14-31-12-11-27(22)32(29,30)17-7-5-16(6-8-17)24-20-19-18(9-10-23-21(19)28)26(25-20)13-15-3-4-15;1-2-3/h5-10,15H,3-4,11-14H2,1-2H3,(H,23,28)(H,24,25);1H3. The van der Waals surface area contributed by atoms with Crippen molar-refractivity contribution in [1.82, 2.24) is 19.1 Å². The van der Waals surface area contributed by atoms with Crippen molar-refractivity contribution in [3.05, 3.63) is 46.9 Å². The van der Waals surface area contributed by atoms with Gasteiger partial charge < -0.3 is 15.0 Å². The molecule has 3 heterocycles. The van der Waals surface area contributed by atoms with Crippen LogP contribution in [0, 0.1) is 17.2 Å². The number of anilines is 2. The first kappa shape index (κ1) is 24.9. The third-order valence-corrected chi connectivity index (χ3v) is 8.20. The third-order valence-electron chi connectivity index (χ3n) is 6.08. The van der Waals surface area contributed by atoms with Crippen molar-refractivity contribution in [1.29, 1.82) is 5.26 Å². The number of sulfonamides is 1. The van der Waals surface area contributed by atoms with Crippen molar-refractivity contribution in [2.24, 2.45) is 5.92 Å². The normalized spacial score (nSPS) is 17.9. The van der Waals surface area contributed by atoms with E-state index in [9.17, 15) is 13.2 Å². The van der Waals surface area contributed by atoms with E-state index in [0.717, 1.165) is 12.1 Å². The molecule has 1 saturated heterocycles. The molecule has 0 radical (unpaired) electrons. The zero-order valence-corrected chi connectivity index (χ0v) is 20.9. The molecular weight excluding hydrogens is 468 g/mol. The number of ether oxygens (including phenoxy) is 1. The van der Waals surface area contributed by atoms with E-state index in [1.165, 1.54) is 24.1 Å². The number of fused-ring (bicyclic) bond motifs is 1. The molecule has 0 atom stereocenters. The van der Waals surface area contributed by atoms with Crippen LogP contribution in [0.1, 0.15) is 33.6 Å². The highest BCUT2D eigenvalue weighted by Gasteiger charge is 2.39. The maximum atomic E-state index is 13.2. The Hall–Kier alpha value is -3.20. The van der Waals surface area contributed by atoms with Gasteiger partial charge >= 0.3 is 0 Å². The number of H-pyrrole nitrogens is 1. The topological polar surface area (TPSA) is 133 Å². The summed E-state index contributed by atoms with van der Waals surface area (Å²) in [6.45, 7) is 7.00. The first-order valence-electron chi connectivity index (χ1n) is 11.5. The summed E-state index contributed by atoms with van der Waals surface area (Å²) in [6.07, 6.45) is 4.00. The summed E-state index contributed by atoms with van der Waals surface area (Å²) < 4.78 is 35.2. The zero-order valence-electron chi connectivity index (χ0n) is 20.1. The van der Waals surface area contributed by atoms with Crippen molar-refractivity contribution in [3.63, 3.8) is 0 Å². The lowest BCUT2D eigenvalue weighted by atomic mass is 10.1. The average molecular weight is 499 g/mol. The Morgan fingerprint density at radius 2 is 1.94 bits per heavy atom. The summed E-state index contributed by atoms with van der Waals surface area (Å²) in [5.74, 6) is 1.08. The highest BCUT2D eigenvalue weighted by Crippen LogP contribution is 2.33. The van der Waals surface area contributed by atoms with E-state index in [-0.39, 0.29) is 10.5 Å². The van der Waals surface area contributed by atoms with Gasteiger partial charge in [0.05, 0.1) is 35.2 Å². The second-order valence-corrected chi connectivity index (χ2v) is 11.2. The Labute approximate surface area is 204 Å². The Bertz CT molecular complexity index is 1400. The first-order valence-corrected chi connectivity index (χ1v) is 13.0. The van der Waals surface area contributed by atoms with Gasteiger partial charge in [-0.05, 0) is 62.9 Å². The van der Waals surface area contributed by atoms with Crippen LogP contribution in [0.4, 0.5) is 11.5 Å². The summed E-state index contributed by atoms with van der Waals surface area (Å²) in [5.41, 5.74) is 0.631. The molecule has 2 fully saturated rings. The van der Waals surface area contributed by atoms with Gasteiger partial charge in [0.15, 0.2) is 5.82 Å². The fourth-order valence-electron chi connectivity index (χ4n) is 4.17. The van der Waals surface area contributed by atoms with Gasteiger partial charge in [0, 0.05) is 31.9 Å². The number of hydrogen-bond acceptors (Lipinski definition) is 7. The number of rotatable bonds is 6. The lowest BCUT2D eigenvalue weighted by Gasteiger charge is -2.40. The molecule has 2 N–H and O–H groups in total. The fraction of sp³-hybridized carbons (Fsp3) is 0.458. The molecule has 2 aliphatic rings. The average Bonchev–Trinajstić information content (AvgIpc) is 3.56. The van der Waals surface area contributed by atoms with E-state index in [0.29, 0.717) is 42.6 Å². The minimum atomic E-state index is -3.65. The number of hydrogen-bond donors (Lipinski definition) is 2. The zero-order chi connectivity index (χ0) is 25.2. The lowest BCUT2D eigenvalue weighted by molar-refractivity contribution is -0.00770. The molecule has 1 aliphatic carbocycles. The second kappa shape index (κ2) is 9.81. The number of nitriles is 1. The Balaban J connectivity index is 0.000000917. The Morgan fingerprint density at radius 1 is 1.26 bits per heavy atom. The Morgan fingerprint density at radius 3 is 2.57 bits per heavy atom. The molecule has 10 nitrogen and oxygen atoms in total. The van der Waals surface area contributed by atoms with E-state index in [1.807, 2.05) is 24.6 Å². The van der Waals surface area contributed by atoms with Crippen LogP contribution in [0.15, 0.2) is 46.2 Å². The molecule has 2 aromatic heterocycles. The molecule has 35 heavy (non-hydrogen) atoms. The Kier molecular flexibility index (Phi) is 6.98. The molecule has 3 aromatic rings. The van der Waals surface area contributed by atoms with Crippen LogP contribution < -0.4 is 10.9 Å². The minimum Gasteiger partial charge on any atom is -0.378 e. The summed E-state index contributed by atoms with van der Waals surface area (Å²) in [6, 6.07) is 10.2. The first-order chi connectivity index (χ1) is 16.7. The predicted molar refractivity (Wildman–Crippen MR) is 133 cm³/mol. The van der Waals surface area contributed by atoms with Crippen LogP contribution in [0.3, 0.4) is 0 Å². The minimum absolute atomic E-state index is 0.208. The van der Waals surface area contributed by atoms with Crippen LogP contribution >= 0.6 is 0 Å². The van der Waals surface area contributed by atoms with Crippen LogP contribution in [0.25, 0.3) is 10.9 Å². The van der Waals surface area contributed by atoms with Crippen LogP contribution in [0.5, 0.6) is 0 Å². The van der Waals surface area contributed by atoms with Gasteiger partial charge in [-0.1, -0.05) is 0 Å². The lowest BCUT2D eigenvalue weighted by Crippen LogP contribution is -2.55. The SMILES string of the molecule is CC#N.CC1(C)COCCN1S(=O)(=O)c1ccc(Nc2nn(CC3CC3)c3cc[nH]c(=O)c23)cc1. The molecule has 0 amide bonds. The number of pyridine rings is 1. The second-order valence-electron chi connectivity index (χ2n) is 9.36. The number of aromatic nitrogens is 3. The molecule has 11 heteroatoms. The van der Waals surface area contributed by atoms with Crippen molar-refractivity contribution in [2.75, 3.05) is 25.1 Å². The molecule has 0 bridgehead atoms. The van der Waals surface area contributed by atoms with Gasteiger partial charge in [-0.2, -0.15) is 14.7 Å². The van der Waals surface area contributed by atoms with Crippen molar-refractivity contribution in [3.8, 4) is 6.07 Å². The van der Waals surface area contributed by atoms with Crippen LogP contribution in [0.2, 0.25) is 0 Å². The molecular formula is C24H30N6O4S. The molecule has 0 spiro atoms. The number of morpholine rings is 1. The number of benzene rings is 1. The van der Waals surface area contributed by atoms with Gasteiger partial charge in [-0.25, -0.2) is 8.42 Å². The summed E-state index contributed by atoms with van der Waals surface area (Å²) >= 11 is 0. The monoisotopic (exact) mass is 498 g/mol. The van der Waals surface area contributed by atoms with Crippen molar-refractivity contribution < 1.29 is 13.2 Å². The molecule has 186 valence electrons. The molecule has 1 aromatic carbocycles. The van der Waals surface area contributed by atoms with Gasteiger partial charge in [0.25, 0.3) is 5.56 Å². The largest absolute Gasteiger partial charge is 0.378 e. The molecule has 0 unspecified atom stereocenters. The van der Waals surface area contributed by atoms with E-state index in [1.54, 1.807) is 36.5 Å². The van der Waals surface area contributed by atoms with Gasteiger partial charge in [-0.15, -0.1) is 0 Å². The van der Waals surface area contributed by atoms with Crippen molar-refractivity contribution >= 4 is 32.4 Å². The highest BCUT2D eigenvalue weighted by atomic mass is 32.2. The van der Waals surface area contributed by atoms with E-state index in [2.05, 4.69) is 15.4 Å². The fourth-order valence-corrected chi connectivity index (χ4v) is 5.92. The summed E-state index contributed by atoms with van der Waals surface area (Å²) in [4.78, 5) is 15.4. The maximum absolute atomic E-state index is 13.2. The number of aromatic amines is 1. The summed E-state index contributed by atoms with van der Waals surface area (Å²) in [5, 5.41) is 15.6. The van der Waals surface area contributed by atoms with Crippen LogP contribution in [-0.4, -0.2) is 52.8 Å². The number of nitrogens with zero attached hydrogens (tertiary/aromatic N) is 4. The van der Waals surface area contributed by atoms with E-state index >= 15 is 0 Å². The highest BCUT2D eigenvalue weighted by molar-refractivity contribution is 7.89. The third kappa shape index (κ3) is 5.24. The predicted octanol–water partition coefficient (Wildman–Crippen LogP) is 3.21. The quantitative estimate of drug-likeness (QED) is 0.533. The maximum Gasteiger partial charge on any atom is 0.261 e. The molecule has 5 rings (SSSR count).